The first-order chi connectivity index (χ1) is 24.3. The van der Waals surface area contributed by atoms with Crippen LogP contribution in [0.25, 0.3) is 0 Å². The topological polar surface area (TPSA) is 129 Å². The van der Waals surface area contributed by atoms with Gasteiger partial charge in [-0.25, -0.2) is 0 Å². The average Bonchev–Trinajstić information content (AvgIpc) is 3.78. The summed E-state index contributed by atoms with van der Waals surface area (Å²) in [5.74, 6) is -3.02. The summed E-state index contributed by atoms with van der Waals surface area (Å²) in [6.07, 6.45) is 9.70. The molecule has 1 N–H and O–H groups in total. The molecule has 50 heavy (non-hydrogen) atoms. The van der Waals surface area contributed by atoms with Crippen molar-refractivity contribution in [2.45, 2.75) is 75.3 Å². The molecule has 5 aliphatic rings. The Balaban J connectivity index is 1.36. The number of aliphatic hydroxyl groups excluding tert-OH is 1. The van der Waals surface area contributed by atoms with Gasteiger partial charge in [0.1, 0.15) is 23.7 Å². The molecular formula is C38H52N4O8. The lowest BCUT2D eigenvalue weighted by atomic mass is 9.74. The Labute approximate surface area is 295 Å². The van der Waals surface area contributed by atoms with Crippen LogP contribution in [0.4, 0.5) is 0 Å². The quantitative estimate of drug-likeness (QED) is 0.223. The first-order valence-electron chi connectivity index (χ1n) is 18.3. The molecule has 0 saturated carbocycles. The Hall–Kier alpha value is -3.58. The van der Waals surface area contributed by atoms with Gasteiger partial charge in [0.05, 0.1) is 31.3 Å². The summed E-state index contributed by atoms with van der Waals surface area (Å²) in [7, 11) is 1.72. The zero-order valence-electron chi connectivity index (χ0n) is 29.4. The molecule has 0 unspecified atom stereocenters. The predicted octanol–water partition coefficient (Wildman–Crippen LogP) is 2.33. The minimum absolute atomic E-state index is 0.0855. The summed E-state index contributed by atoms with van der Waals surface area (Å²) in [5.41, 5.74) is -0.560. The van der Waals surface area contributed by atoms with E-state index in [0.29, 0.717) is 58.7 Å². The zero-order valence-corrected chi connectivity index (χ0v) is 29.4. The third-order valence-electron chi connectivity index (χ3n) is 11.1. The van der Waals surface area contributed by atoms with Crippen LogP contribution in [-0.4, -0.2) is 138 Å². The van der Waals surface area contributed by atoms with Crippen molar-refractivity contribution in [1.82, 2.24) is 19.6 Å². The van der Waals surface area contributed by atoms with E-state index in [2.05, 4.69) is 4.90 Å². The zero-order chi connectivity index (χ0) is 35.3. The highest BCUT2D eigenvalue weighted by Crippen LogP contribution is 2.56. The largest absolute Gasteiger partial charge is 0.455 e. The van der Waals surface area contributed by atoms with Crippen molar-refractivity contribution in [3.8, 4) is 0 Å². The van der Waals surface area contributed by atoms with Crippen LogP contribution in [0.2, 0.25) is 0 Å². The van der Waals surface area contributed by atoms with Gasteiger partial charge in [0.25, 0.3) is 0 Å². The minimum Gasteiger partial charge on any atom is -0.455 e. The number of fused-ring (bicyclic) bond motifs is 2. The predicted molar refractivity (Wildman–Crippen MR) is 184 cm³/mol. The van der Waals surface area contributed by atoms with E-state index in [9.17, 15) is 24.3 Å². The van der Waals surface area contributed by atoms with E-state index in [4.69, 9.17) is 14.2 Å². The van der Waals surface area contributed by atoms with Crippen molar-refractivity contribution in [3.05, 3.63) is 60.2 Å². The van der Waals surface area contributed by atoms with Crippen molar-refractivity contribution in [2.24, 2.45) is 11.8 Å². The SMILES string of the molecule is C[C@H]1[C@H](c2ccccc2)OC(=O)[C@@H]2[C@H]3C(=O)N(CCCCCCO)[C@H](C(=O)N(CCN4CCOCC4)C/C=C\CCC(=O)N1C)[C@]31C=C[C@H]2O1. The number of aliphatic hydroxyl groups is 1. The molecule has 0 radical (unpaired) electrons. The Bertz CT molecular complexity index is 1430. The van der Waals surface area contributed by atoms with Crippen LogP contribution in [-0.2, 0) is 33.4 Å². The highest BCUT2D eigenvalue weighted by atomic mass is 16.6. The number of carbonyl (C=O) groups excluding carboxylic acids is 4. The number of unbranched alkanes of at least 4 members (excludes halogenated alkanes) is 3. The summed E-state index contributed by atoms with van der Waals surface area (Å²) in [5, 5.41) is 9.29. The molecule has 5 aliphatic heterocycles. The summed E-state index contributed by atoms with van der Waals surface area (Å²) in [6.45, 7) is 6.56. The number of benzene rings is 1. The monoisotopic (exact) mass is 692 g/mol. The maximum atomic E-state index is 14.9. The van der Waals surface area contributed by atoms with Crippen molar-refractivity contribution < 1.29 is 38.5 Å². The first-order valence-corrected chi connectivity index (χ1v) is 18.3. The summed E-state index contributed by atoms with van der Waals surface area (Å²) < 4.78 is 18.5. The number of cyclic esters (lactones) is 1. The number of carbonyl (C=O) groups is 4. The number of likely N-dealkylation sites (N-methyl/N-ethyl adjacent to an activating group) is 1. The molecule has 5 heterocycles. The molecular weight excluding hydrogens is 640 g/mol. The smallest absolute Gasteiger partial charge is 0.313 e. The molecule has 1 spiro atoms. The Morgan fingerprint density at radius 3 is 2.44 bits per heavy atom. The molecule has 5 bridgehead atoms. The van der Waals surface area contributed by atoms with Gasteiger partial charge in [-0.3, -0.25) is 24.1 Å². The third kappa shape index (κ3) is 7.26. The second kappa shape index (κ2) is 16.2. The Morgan fingerprint density at radius 2 is 1.68 bits per heavy atom. The van der Waals surface area contributed by atoms with Crippen LogP contribution >= 0.6 is 0 Å². The number of amides is 3. The third-order valence-corrected chi connectivity index (χ3v) is 11.1. The lowest BCUT2D eigenvalue weighted by Gasteiger charge is -2.37. The van der Waals surface area contributed by atoms with Crippen LogP contribution in [0.5, 0.6) is 0 Å². The van der Waals surface area contributed by atoms with Crippen LogP contribution in [0.15, 0.2) is 54.6 Å². The van der Waals surface area contributed by atoms with E-state index < -0.39 is 47.7 Å². The van der Waals surface area contributed by atoms with Gasteiger partial charge in [0, 0.05) is 59.3 Å². The van der Waals surface area contributed by atoms with Gasteiger partial charge in [-0.05, 0) is 31.7 Å². The van der Waals surface area contributed by atoms with Gasteiger partial charge in [0.2, 0.25) is 17.7 Å². The molecule has 1 aromatic carbocycles. The van der Waals surface area contributed by atoms with Crippen LogP contribution in [0, 0.1) is 11.8 Å². The molecule has 7 atom stereocenters. The number of allylic oxidation sites excluding steroid dienone is 1. The highest BCUT2D eigenvalue weighted by Gasteiger charge is 2.73. The number of hydrogen-bond acceptors (Lipinski definition) is 9. The molecule has 272 valence electrons. The number of esters is 1. The van der Waals surface area contributed by atoms with E-state index >= 15 is 0 Å². The molecule has 0 aliphatic carbocycles. The number of rotatable bonds is 10. The van der Waals surface area contributed by atoms with Gasteiger partial charge in [0.15, 0.2) is 0 Å². The van der Waals surface area contributed by atoms with Gasteiger partial charge >= 0.3 is 5.97 Å². The highest BCUT2D eigenvalue weighted by molar-refractivity contribution is 5.99. The Kier molecular flexibility index (Phi) is 11.7. The van der Waals surface area contributed by atoms with Crippen molar-refractivity contribution >= 4 is 23.7 Å². The van der Waals surface area contributed by atoms with Crippen LogP contribution < -0.4 is 0 Å². The van der Waals surface area contributed by atoms with Gasteiger partial charge in [-0.15, -0.1) is 0 Å². The van der Waals surface area contributed by atoms with Crippen molar-refractivity contribution in [3.63, 3.8) is 0 Å². The molecule has 3 fully saturated rings. The molecule has 3 amide bonds. The summed E-state index contributed by atoms with van der Waals surface area (Å²) in [4.78, 5) is 64.5. The summed E-state index contributed by atoms with van der Waals surface area (Å²) >= 11 is 0. The number of ether oxygens (including phenoxy) is 3. The van der Waals surface area contributed by atoms with E-state index in [1.54, 1.807) is 21.7 Å². The second-order valence-corrected chi connectivity index (χ2v) is 14.1. The lowest BCUT2D eigenvalue weighted by Crippen LogP contribution is -2.57. The first kappa shape index (κ1) is 36.2. The fourth-order valence-corrected chi connectivity index (χ4v) is 8.18. The normalized spacial score (nSPS) is 32.9. The average molecular weight is 693 g/mol. The summed E-state index contributed by atoms with van der Waals surface area (Å²) in [6, 6.07) is 7.92. The lowest BCUT2D eigenvalue weighted by molar-refractivity contribution is -0.164. The number of nitrogens with zero attached hydrogens (tertiary/aromatic N) is 4. The minimum atomic E-state index is -1.30. The fourth-order valence-electron chi connectivity index (χ4n) is 8.18. The second-order valence-electron chi connectivity index (χ2n) is 14.1. The molecule has 12 heteroatoms. The van der Waals surface area contributed by atoms with Gasteiger partial charge < -0.3 is 34.0 Å². The van der Waals surface area contributed by atoms with Gasteiger partial charge in [-0.2, -0.15) is 0 Å². The maximum absolute atomic E-state index is 14.9. The standard InChI is InChI=1S/C38H52N4O8/c1-27-33(28-13-7-5-8-14-28)49-37(47)31-29-16-17-38(50-29)32(31)35(45)42(19-11-3-4-12-24-43)34(38)36(46)41(21-20-40-22-25-48-26-23-40)18-10-6-9-15-30(44)39(27)2/h5-8,10,13-14,16-17,27,29,31-34,43H,3-4,9,11-12,15,18-26H2,1-2H3/b10-6-/t27-,29+,31-,32-,33+,34+,38-/m0/s1. The number of likely N-dealkylation sites (tertiary alicyclic amines) is 1. The van der Waals surface area contributed by atoms with Crippen LogP contribution in [0.1, 0.15) is 57.1 Å². The van der Waals surface area contributed by atoms with Crippen molar-refractivity contribution in [2.75, 3.05) is 66.1 Å². The van der Waals surface area contributed by atoms with E-state index in [0.717, 1.165) is 31.5 Å². The van der Waals surface area contributed by atoms with E-state index in [1.165, 1.54) is 0 Å². The fraction of sp³-hybridized carbons (Fsp3) is 0.632. The molecule has 12 nitrogen and oxygen atoms in total. The van der Waals surface area contributed by atoms with Crippen LogP contribution in [0.3, 0.4) is 0 Å². The maximum Gasteiger partial charge on any atom is 0.313 e. The van der Waals surface area contributed by atoms with E-state index in [-0.39, 0.29) is 30.7 Å². The Morgan fingerprint density at radius 1 is 0.920 bits per heavy atom. The molecule has 0 aromatic heterocycles. The number of hydrogen-bond donors (Lipinski definition) is 1. The molecule has 3 saturated heterocycles. The van der Waals surface area contributed by atoms with Gasteiger partial charge in [-0.1, -0.05) is 67.5 Å². The molecule has 1 aromatic rings. The number of morpholine rings is 1. The molecule has 6 rings (SSSR count). The van der Waals surface area contributed by atoms with Crippen molar-refractivity contribution in [1.29, 1.82) is 0 Å². The van der Waals surface area contributed by atoms with E-state index in [1.807, 2.05) is 61.6 Å².